The summed E-state index contributed by atoms with van der Waals surface area (Å²) in [7, 11) is -2.62. The fourth-order valence-electron chi connectivity index (χ4n) is 1.91. The maximum absolute atomic E-state index is 11.3. The average Bonchev–Trinajstić information content (AvgIpc) is 2.22. The van der Waals surface area contributed by atoms with Gasteiger partial charge in [0, 0.05) is 17.4 Å². The van der Waals surface area contributed by atoms with Crippen molar-refractivity contribution >= 4 is 20.0 Å². The molecule has 1 atom stereocenters. The summed E-state index contributed by atoms with van der Waals surface area (Å²) in [6, 6.07) is 0. The number of hydrogen-bond acceptors (Lipinski definition) is 5. The second-order valence-corrected chi connectivity index (χ2v) is 8.62. The molecule has 0 aromatic carbocycles. The van der Waals surface area contributed by atoms with Crippen molar-refractivity contribution in [3.8, 4) is 0 Å². The molecule has 0 radical (unpaired) electrons. The average molecular weight is 265 g/mol. The fourth-order valence-corrected chi connectivity index (χ4v) is 2.39. The summed E-state index contributed by atoms with van der Waals surface area (Å²) in [5.74, 6) is 0. The lowest BCUT2D eigenvalue weighted by atomic mass is 9.97. The second kappa shape index (κ2) is 4.03. The molecule has 1 aliphatic rings. The number of hydroxylamine groups is 2. The summed E-state index contributed by atoms with van der Waals surface area (Å²) in [5, 5.41) is 11.3. The van der Waals surface area contributed by atoms with E-state index < -0.39 is 19.9 Å². The Morgan fingerprint density at radius 2 is 2.00 bits per heavy atom. The van der Waals surface area contributed by atoms with Crippen LogP contribution in [0.2, 0.25) is 0 Å². The summed E-state index contributed by atoms with van der Waals surface area (Å²) in [6.45, 7) is 7.76. The SMILES string of the molecule is CC1(C)C=C(COS(C)(=O)=S)C(C)(C)N1O. The standard InChI is InChI=1S/C10H19NO3S2/c1-9(2)6-8(7-14-16(5,13)15)10(3,4)11(9)12/h6,12H,7H2,1-5H3. The lowest BCUT2D eigenvalue weighted by Crippen LogP contribution is -2.48. The predicted octanol–water partition coefficient (Wildman–Crippen LogP) is 1.48. The Hall–Kier alpha value is -0.0100. The molecule has 0 saturated heterocycles. The predicted molar refractivity (Wildman–Crippen MR) is 67.2 cm³/mol. The highest BCUT2D eigenvalue weighted by molar-refractivity contribution is 8.29. The molecule has 16 heavy (non-hydrogen) atoms. The highest BCUT2D eigenvalue weighted by atomic mass is 32.8. The van der Waals surface area contributed by atoms with Crippen molar-refractivity contribution in [3.63, 3.8) is 0 Å². The first kappa shape index (κ1) is 14.1. The smallest absolute Gasteiger partial charge is 0.141 e. The Morgan fingerprint density at radius 3 is 2.31 bits per heavy atom. The zero-order valence-corrected chi connectivity index (χ0v) is 11.9. The summed E-state index contributed by atoms with van der Waals surface area (Å²) in [4.78, 5) is 0. The largest absolute Gasteiger partial charge is 0.312 e. The van der Waals surface area contributed by atoms with E-state index in [9.17, 15) is 9.42 Å². The maximum atomic E-state index is 11.3. The van der Waals surface area contributed by atoms with Crippen LogP contribution in [-0.2, 0) is 24.1 Å². The molecule has 94 valence electrons. The van der Waals surface area contributed by atoms with Gasteiger partial charge in [0.25, 0.3) is 0 Å². The van der Waals surface area contributed by atoms with Gasteiger partial charge in [-0.1, -0.05) is 6.08 Å². The van der Waals surface area contributed by atoms with Gasteiger partial charge < -0.3 is 5.21 Å². The Kier molecular flexibility index (Phi) is 3.54. The van der Waals surface area contributed by atoms with E-state index in [0.717, 1.165) is 5.57 Å². The van der Waals surface area contributed by atoms with Crippen LogP contribution in [0, 0.1) is 0 Å². The zero-order valence-electron chi connectivity index (χ0n) is 10.3. The first-order chi connectivity index (χ1) is 6.97. The molecule has 0 saturated carbocycles. The van der Waals surface area contributed by atoms with Gasteiger partial charge in [-0.3, -0.25) is 4.18 Å². The van der Waals surface area contributed by atoms with E-state index in [-0.39, 0.29) is 6.61 Å². The molecular weight excluding hydrogens is 246 g/mol. The van der Waals surface area contributed by atoms with E-state index >= 15 is 0 Å². The number of nitrogens with zero attached hydrogens (tertiary/aromatic N) is 1. The van der Waals surface area contributed by atoms with Crippen LogP contribution in [-0.4, -0.2) is 38.4 Å². The van der Waals surface area contributed by atoms with Gasteiger partial charge >= 0.3 is 0 Å². The molecule has 0 aromatic heterocycles. The molecule has 0 spiro atoms. The van der Waals surface area contributed by atoms with Crippen molar-refractivity contribution in [2.45, 2.75) is 38.8 Å². The normalized spacial score (nSPS) is 27.5. The highest BCUT2D eigenvalue weighted by Crippen LogP contribution is 2.38. The molecule has 4 nitrogen and oxygen atoms in total. The Bertz CT molecular complexity index is 410. The number of hydrogen-bond donors (Lipinski definition) is 1. The Balaban J connectivity index is 2.89. The molecule has 0 aliphatic carbocycles. The van der Waals surface area contributed by atoms with Crippen LogP contribution in [0.25, 0.3) is 0 Å². The van der Waals surface area contributed by atoms with Crippen LogP contribution in [0.3, 0.4) is 0 Å². The minimum absolute atomic E-state index is 0.187. The minimum Gasteiger partial charge on any atom is -0.312 e. The topological polar surface area (TPSA) is 49.8 Å². The molecule has 0 aromatic rings. The zero-order chi connectivity index (χ0) is 12.8. The molecular formula is C10H19NO3S2. The third kappa shape index (κ3) is 2.81. The molecule has 0 bridgehead atoms. The quantitative estimate of drug-likeness (QED) is 0.783. The van der Waals surface area contributed by atoms with Gasteiger partial charge in [-0.25, -0.2) is 4.21 Å². The third-order valence-corrected chi connectivity index (χ3v) is 3.65. The highest BCUT2D eigenvalue weighted by Gasteiger charge is 2.45. The summed E-state index contributed by atoms with van der Waals surface area (Å²) in [5.41, 5.74) is -0.0821. The van der Waals surface area contributed by atoms with Gasteiger partial charge in [0.15, 0.2) is 0 Å². The van der Waals surface area contributed by atoms with Gasteiger partial charge in [-0.2, -0.15) is 5.06 Å². The van der Waals surface area contributed by atoms with Crippen molar-refractivity contribution in [2.75, 3.05) is 12.9 Å². The van der Waals surface area contributed by atoms with E-state index in [1.165, 1.54) is 11.3 Å². The van der Waals surface area contributed by atoms with Crippen LogP contribution in [0.5, 0.6) is 0 Å². The molecule has 1 aliphatic heterocycles. The summed E-state index contributed by atoms with van der Waals surface area (Å²) in [6.07, 6.45) is 3.31. The second-order valence-electron chi connectivity index (χ2n) is 5.16. The molecule has 1 N–H and O–H groups in total. The van der Waals surface area contributed by atoms with Crippen LogP contribution in [0.1, 0.15) is 27.7 Å². The van der Waals surface area contributed by atoms with Gasteiger partial charge in [0.2, 0.25) is 0 Å². The van der Waals surface area contributed by atoms with E-state index in [1.807, 2.05) is 33.8 Å². The Morgan fingerprint density at radius 1 is 1.50 bits per heavy atom. The van der Waals surface area contributed by atoms with E-state index in [4.69, 9.17) is 4.18 Å². The molecule has 1 heterocycles. The molecule has 0 amide bonds. The first-order valence-corrected chi connectivity index (χ1v) is 7.84. The van der Waals surface area contributed by atoms with Gasteiger partial charge in [-0.05, 0) is 33.3 Å². The van der Waals surface area contributed by atoms with E-state index in [2.05, 4.69) is 11.2 Å². The van der Waals surface area contributed by atoms with Crippen molar-refractivity contribution in [2.24, 2.45) is 0 Å². The van der Waals surface area contributed by atoms with E-state index in [1.54, 1.807) is 0 Å². The van der Waals surface area contributed by atoms with Crippen LogP contribution >= 0.6 is 0 Å². The maximum Gasteiger partial charge on any atom is 0.141 e. The van der Waals surface area contributed by atoms with Crippen molar-refractivity contribution < 1.29 is 13.6 Å². The molecule has 1 unspecified atom stereocenters. The van der Waals surface area contributed by atoms with Crippen molar-refractivity contribution in [1.29, 1.82) is 0 Å². The summed E-state index contributed by atoms with van der Waals surface area (Å²) >= 11 is 4.68. The van der Waals surface area contributed by atoms with Crippen LogP contribution in [0.4, 0.5) is 0 Å². The van der Waals surface area contributed by atoms with Gasteiger partial charge in [0.05, 0.1) is 17.7 Å². The van der Waals surface area contributed by atoms with Crippen molar-refractivity contribution in [1.82, 2.24) is 5.06 Å². The van der Waals surface area contributed by atoms with Crippen LogP contribution in [0.15, 0.2) is 11.6 Å². The van der Waals surface area contributed by atoms with E-state index in [0.29, 0.717) is 0 Å². The monoisotopic (exact) mass is 265 g/mol. The fraction of sp³-hybridized carbons (Fsp3) is 0.800. The van der Waals surface area contributed by atoms with Crippen LogP contribution < -0.4 is 0 Å². The summed E-state index contributed by atoms with van der Waals surface area (Å²) < 4.78 is 16.4. The first-order valence-electron chi connectivity index (χ1n) is 5.03. The van der Waals surface area contributed by atoms with Gasteiger partial charge in [0.1, 0.15) is 8.77 Å². The lowest BCUT2D eigenvalue weighted by Gasteiger charge is -2.36. The minimum atomic E-state index is -2.62. The van der Waals surface area contributed by atoms with Gasteiger partial charge in [-0.15, -0.1) is 0 Å². The number of rotatable bonds is 3. The van der Waals surface area contributed by atoms with Crippen molar-refractivity contribution in [3.05, 3.63) is 11.6 Å². The lowest BCUT2D eigenvalue weighted by molar-refractivity contribution is -0.185. The molecule has 6 heteroatoms. The molecule has 1 rings (SSSR count). The Labute approximate surface area is 102 Å². The molecule has 0 fully saturated rings. The third-order valence-electron chi connectivity index (χ3n) is 2.82.